The van der Waals surface area contributed by atoms with E-state index in [-0.39, 0.29) is 35.8 Å². The van der Waals surface area contributed by atoms with Crippen molar-refractivity contribution < 1.29 is 23.1 Å². The van der Waals surface area contributed by atoms with Crippen molar-refractivity contribution >= 4 is 17.5 Å². The van der Waals surface area contributed by atoms with E-state index in [4.69, 9.17) is 11.6 Å². The lowest BCUT2D eigenvalue weighted by atomic mass is 9.82. The Morgan fingerprint density at radius 2 is 1.81 bits per heavy atom. The summed E-state index contributed by atoms with van der Waals surface area (Å²) >= 11 is 6.07. The zero-order valence-electron chi connectivity index (χ0n) is 14.2. The van der Waals surface area contributed by atoms with Crippen molar-refractivity contribution in [3.05, 3.63) is 47.0 Å². The average molecular weight is 400 g/mol. The number of aliphatic hydroxyl groups is 1. The number of nitrogens with one attached hydrogen (secondary N) is 1. The second-order valence-electron chi connectivity index (χ2n) is 6.68. The van der Waals surface area contributed by atoms with Crippen molar-refractivity contribution in [3.63, 3.8) is 0 Å². The molecule has 1 aromatic carbocycles. The lowest BCUT2D eigenvalue weighted by Gasteiger charge is -2.35. The Kier molecular flexibility index (Phi) is 5.39. The first kappa shape index (κ1) is 19.6. The second kappa shape index (κ2) is 7.44. The molecule has 1 aliphatic carbocycles. The molecule has 1 aliphatic rings. The Bertz CT molecular complexity index is 836. The molecule has 0 saturated heterocycles. The van der Waals surface area contributed by atoms with Crippen LogP contribution in [0.3, 0.4) is 0 Å². The van der Waals surface area contributed by atoms with Crippen LogP contribution in [0.1, 0.15) is 36.0 Å². The van der Waals surface area contributed by atoms with Gasteiger partial charge in [0, 0.05) is 24.9 Å². The third kappa shape index (κ3) is 4.75. The van der Waals surface area contributed by atoms with Gasteiger partial charge in [-0.05, 0) is 31.0 Å². The van der Waals surface area contributed by atoms with Crippen molar-refractivity contribution in [3.8, 4) is 11.4 Å². The van der Waals surface area contributed by atoms with Gasteiger partial charge in [0.25, 0.3) is 5.91 Å². The van der Waals surface area contributed by atoms with E-state index in [1.807, 2.05) is 0 Å². The lowest BCUT2D eigenvalue weighted by molar-refractivity contribution is -0.101. The fourth-order valence-corrected chi connectivity index (χ4v) is 3.10. The van der Waals surface area contributed by atoms with Gasteiger partial charge in [-0.25, -0.2) is 23.1 Å². The number of rotatable bonds is 4. The Morgan fingerprint density at radius 1 is 1.19 bits per heavy atom. The highest BCUT2D eigenvalue weighted by atomic mass is 35.5. The molecule has 1 heterocycles. The molecule has 1 fully saturated rings. The zero-order chi connectivity index (χ0) is 19.7. The summed E-state index contributed by atoms with van der Waals surface area (Å²) in [7, 11) is 0. The smallest absolute Gasteiger partial charge is 0.252 e. The summed E-state index contributed by atoms with van der Waals surface area (Å²) in [4.78, 5) is 20.2. The molecule has 1 aromatic heterocycles. The number of hydrogen-bond acceptors (Lipinski definition) is 4. The molecule has 0 radical (unpaired) electrons. The third-order valence-electron chi connectivity index (χ3n) is 4.58. The Balaban J connectivity index is 1.71. The molecule has 0 spiro atoms. The van der Waals surface area contributed by atoms with Gasteiger partial charge in [0.2, 0.25) is 5.92 Å². The predicted octanol–water partition coefficient (Wildman–Crippen LogP) is 3.61. The molecular weight excluding hydrogens is 383 g/mol. The molecule has 0 unspecified atom stereocenters. The molecule has 3 rings (SSSR count). The van der Waals surface area contributed by atoms with Crippen molar-refractivity contribution in [2.24, 2.45) is 0 Å². The first-order valence-electron chi connectivity index (χ1n) is 8.33. The number of alkyl halides is 2. The average Bonchev–Trinajstić information content (AvgIpc) is 2.64. The minimum absolute atomic E-state index is 0.0997. The zero-order valence-corrected chi connectivity index (χ0v) is 14.9. The van der Waals surface area contributed by atoms with Gasteiger partial charge in [-0.15, -0.1) is 0 Å². The van der Waals surface area contributed by atoms with Crippen LogP contribution in [0.25, 0.3) is 11.4 Å². The van der Waals surface area contributed by atoms with E-state index in [2.05, 4.69) is 15.3 Å². The molecule has 1 saturated carbocycles. The molecular formula is C18H17ClF3N3O2. The number of carbonyl (C=O) groups is 1. The van der Waals surface area contributed by atoms with Crippen molar-refractivity contribution in [1.29, 1.82) is 0 Å². The molecule has 2 aromatic rings. The van der Waals surface area contributed by atoms with Gasteiger partial charge in [-0.1, -0.05) is 11.6 Å². The van der Waals surface area contributed by atoms with Crippen LogP contribution in [0.2, 0.25) is 5.02 Å². The fourth-order valence-electron chi connectivity index (χ4n) is 2.90. The molecule has 0 atom stereocenters. The normalized spacial score (nSPS) is 18.1. The Morgan fingerprint density at radius 3 is 2.44 bits per heavy atom. The maximum atomic E-state index is 13.2. The lowest BCUT2D eigenvalue weighted by Crippen LogP contribution is -2.47. The quantitative estimate of drug-likeness (QED) is 0.823. The molecule has 9 heteroatoms. The third-order valence-corrected chi connectivity index (χ3v) is 4.91. The second-order valence-corrected chi connectivity index (χ2v) is 7.09. The summed E-state index contributed by atoms with van der Waals surface area (Å²) in [5.74, 6) is -3.70. The first-order chi connectivity index (χ1) is 12.7. The van der Waals surface area contributed by atoms with Crippen molar-refractivity contribution in [2.45, 2.75) is 37.2 Å². The van der Waals surface area contributed by atoms with E-state index in [0.29, 0.717) is 5.56 Å². The van der Waals surface area contributed by atoms with Crippen LogP contribution in [0.5, 0.6) is 0 Å². The van der Waals surface area contributed by atoms with Gasteiger partial charge in [0.1, 0.15) is 0 Å². The molecule has 1 amide bonds. The van der Waals surface area contributed by atoms with Crippen LogP contribution in [0.15, 0.2) is 30.6 Å². The summed E-state index contributed by atoms with van der Waals surface area (Å²) in [6.07, 6.45) is 0.972. The van der Waals surface area contributed by atoms with Crippen LogP contribution < -0.4 is 5.32 Å². The van der Waals surface area contributed by atoms with Crippen LogP contribution in [0.4, 0.5) is 13.2 Å². The largest absolute Gasteiger partial charge is 0.388 e. The van der Waals surface area contributed by atoms with Crippen molar-refractivity contribution in [2.75, 3.05) is 6.54 Å². The number of amides is 1. The van der Waals surface area contributed by atoms with Gasteiger partial charge in [0.05, 0.1) is 28.6 Å². The van der Waals surface area contributed by atoms with Gasteiger partial charge < -0.3 is 10.4 Å². The number of aromatic nitrogens is 2. The minimum Gasteiger partial charge on any atom is -0.388 e. The van der Waals surface area contributed by atoms with Crippen LogP contribution in [0, 0.1) is 5.82 Å². The number of benzene rings is 1. The maximum absolute atomic E-state index is 13.2. The monoisotopic (exact) mass is 399 g/mol. The molecule has 27 heavy (non-hydrogen) atoms. The topological polar surface area (TPSA) is 75.1 Å². The maximum Gasteiger partial charge on any atom is 0.252 e. The van der Waals surface area contributed by atoms with Crippen LogP contribution >= 0.6 is 11.6 Å². The summed E-state index contributed by atoms with van der Waals surface area (Å²) < 4.78 is 39.4. The standard InChI is InChI=1S/C18H17ClF3N3O2/c19-14-2-1-11(15-23-8-12(20)9-24-15)7-13(14)16(26)25-10-17(27)3-5-18(21,22)6-4-17/h1-2,7-9,27H,3-6,10H2,(H,25,26). The molecule has 144 valence electrons. The van der Waals surface area contributed by atoms with Gasteiger partial charge in [0.15, 0.2) is 11.6 Å². The Hall–Kier alpha value is -2.19. The fraction of sp³-hybridized carbons (Fsp3) is 0.389. The SMILES string of the molecule is O=C(NCC1(O)CCC(F)(F)CC1)c1cc(-c2ncc(F)cn2)ccc1Cl. The first-order valence-corrected chi connectivity index (χ1v) is 8.71. The van der Waals surface area contributed by atoms with Gasteiger partial charge >= 0.3 is 0 Å². The number of halogens is 4. The van der Waals surface area contributed by atoms with Gasteiger partial charge in [-0.2, -0.15) is 0 Å². The minimum atomic E-state index is -2.77. The molecule has 0 bridgehead atoms. The van der Waals surface area contributed by atoms with Crippen LogP contribution in [-0.2, 0) is 0 Å². The van der Waals surface area contributed by atoms with E-state index < -0.39 is 36.1 Å². The van der Waals surface area contributed by atoms with E-state index in [0.717, 1.165) is 12.4 Å². The van der Waals surface area contributed by atoms with E-state index in [9.17, 15) is 23.1 Å². The molecule has 5 nitrogen and oxygen atoms in total. The van der Waals surface area contributed by atoms with E-state index >= 15 is 0 Å². The summed E-state index contributed by atoms with van der Waals surface area (Å²) in [6.45, 7) is -0.157. The summed E-state index contributed by atoms with van der Waals surface area (Å²) in [6, 6.07) is 4.52. The highest BCUT2D eigenvalue weighted by Gasteiger charge is 2.42. The van der Waals surface area contributed by atoms with E-state index in [1.165, 1.54) is 12.1 Å². The Labute approximate surface area is 158 Å². The number of carbonyl (C=O) groups excluding carboxylic acids is 1. The predicted molar refractivity (Wildman–Crippen MR) is 93.1 cm³/mol. The summed E-state index contributed by atoms with van der Waals surface area (Å²) in [5, 5.41) is 13.1. The number of hydrogen-bond donors (Lipinski definition) is 2. The van der Waals surface area contributed by atoms with E-state index in [1.54, 1.807) is 6.07 Å². The highest BCUT2D eigenvalue weighted by Crippen LogP contribution is 2.38. The van der Waals surface area contributed by atoms with Crippen LogP contribution in [-0.4, -0.2) is 39.1 Å². The number of nitrogens with zero attached hydrogens (tertiary/aromatic N) is 2. The molecule has 0 aliphatic heterocycles. The molecule has 2 N–H and O–H groups in total. The van der Waals surface area contributed by atoms with Crippen molar-refractivity contribution in [1.82, 2.24) is 15.3 Å². The highest BCUT2D eigenvalue weighted by molar-refractivity contribution is 6.34. The van der Waals surface area contributed by atoms with Gasteiger partial charge in [-0.3, -0.25) is 4.79 Å². The summed E-state index contributed by atoms with van der Waals surface area (Å²) in [5.41, 5.74) is -0.797.